The summed E-state index contributed by atoms with van der Waals surface area (Å²) in [4.78, 5) is 41.5. The molecule has 1 aliphatic heterocycles. The molecule has 15 heteroatoms. The average Bonchev–Trinajstić information content (AvgIpc) is 3.43. The van der Waals surface area contributed by atoms with Gasteiger partial charge in [0.25, 0.3) is 0 Å². The van der Waals surface area contributed by atoms with Crippen molar-refractivity contribution in [3.05, 3.63) is 29.2 Å². The number of carbonyl (C=O) groups is 3. The summed E-state index contributed by atoms with van der Waals surface area (Å²) in [5, 5.41) is 35.5. The summed E-state index contributed by atoms with van der Waals surface area (Å²) in [6, 6.07) is 1.37. The van der Waals surface area contributed by atoms with Crippen LogP contribution < -0.4 is 0 Å². The van der Waals surface area contributed by atoms with Crippen LogP contribution in [-0.2, 0) is 29.9 Å². The molecule has 232 valence electrons. The highest BCUT2D eigenvalue weighted by molar-refractivity contribution is 14.1. The van der Waals surface area contributed by atoms with E-state index in [1.54, 1.807) is 29.5 Å². The number of benzene rings is 1. The van der Waals surface area contributed by atoms with Crippen LogP contribution in [0.1, 0.15) is 55.8 Å². The number of ether oxygens (including phenoxy) is 2. The van der Waals surface area contributed by atoms with Crippen molar-refractivity contribution in [1.29, 1.82) is 0 Å². The van der Waals surface area contributed by atoms with E-state index in [1.807, 2.05) is 22.6 Å². The zero-order valence-corrected chi connectivity index (χ0v) is 28.3. The highest BCUT2D eigenvalue weighted by Gasteiger charge is 2.83. The van der Waals surface area contributed by atoms with Crippen molar-refractivity contribution in [2.75, 3.05) is 18.1 Å². The largest absolute Gasteiger partial charge is 0.506 e. The third-order valence-electron chi connectivity index (χ3n) is 11.2. The third-order valence-corrected chi connectivity index (χ3v) is 14.4. The first-order valence-electron chi connectivity index (χ1n) is 14.2. The molecule has 1 spiro atoms. The van der Waals surface area contributed by atoms with Gasteiger partial charge in [0.2, 0.25) is 0 Å². The lowest BCUT2D eigenvalue weighted by molar-refractivity contribution is -0.162. The molecule has 43 heavy (non-hydrogen) atoms. The van der Waals surface area contributed by atoms with Crippen LogP contribution >= 0.6 is 45.2 Å². The van der Waals surface area contributed by atoms with E-state index >= 15 is 0 Å². The van der Waals surface area contributed by atoms with Crippen molar-refractivity contribution in [2.24, 2.45) is 45.5 Å². The summed E-state index contributed by atoms with van der Waals surface area (Å²) in [6.45, 7) is 1.54. The van der Waals surface area contributed by atoms with Gasteiger partial charge in [0.1, 0.15) is 23.5 Å². The number of halogens is 2. The molecule has 4 aliphatic carbocycles. The van der Waals surface area contributed by atoms with Gasteiger partial charge < -0.3 is 24.8 Å². The Bertz CT molecular complexity index is 1500. The molecule has 5 aliphatic rings. The van der Waals surface area contributed by atoms with Crippen LogP contribution in [0.3, 0.4) is 0 Å². The van der Waals surface area contributed by atoms with Crippen molar-refractivity contribution in [2.45, 2.75) is 57.2 Å². The summed E-state index contributed by atoms with van der Waals surface area (Å²) in [5.74, 6) is -3.44. The minimum atomic E-state index is -1.35. The van der Waals surface area contributed by atoms with Gasteiger partial charge in [-0.05, 0) is 119 Å². The van der Waals surface area contributed by atoms with E-state index in [9.17, 15) is 33.9 Å². The number of aliphatic carboxylic acids is 1. The van der Waals surface area contributed by atoms with E-state index < -0.39 is 63.1 Å². The Labute approximate surface area is 277 Å². The third kappa shape index (κ3) is 4.45. The Kier molecular flexibility index (Phi) is 7.99. The SMILES string of the molecule is C[C@@]12C(=O)O[C@]3(CC[C@@H]1O)[C@@H]1CC[C@@H]4C[C@]1(C[C@@H]4CS(=O)CCOC(=O)c1cc(I)c(N=[N+]=[N-])c(I)c1O)[C@@H](C(=O)O)[C@@H]32. The molecular weight excluding hydrogens is 808 g/mol. The molecule has 6 rings (SSSR count). The van der Waals surface area contributed by atoms with E-state index in [-0.39, 0.29) is 50.7 Å². The molecule has 4 bridgehead atoms. The van der Waals surface area contributed by atoms with Crippen LogP contribution in [0.5, 0.6) is 5.75 Å². The first-order valence-corrected chi connectivity index (χ1v) is 17.9. The number of hydrogen-bond acceptors (Lipinski definition) is 9. The average molecular weight is 839 g/mol. The smallest absolute Gasteiger partial charge is 0.342 e. The Morgan fingerprint density at radius 3 is 2.72 bits per heavy atom. The molecule has 10 atom stereocenters. The molecule has 1 heterocycles. The number of esters is 2. The molecule has 1 unspecified atom stereocenters. The number of phenolic OH excluding ortho intramolecular Hbond substituents is 1. The summed E-state index contributed by atoms with van der Waals surface area (Å²) in [7, 11) is -1.35. The lowest BCUT2D eigenvalue weighted by Gasteiger charge is -2.44. The highest BCUT2D eigenvalue weighted by atomic mass is 127. The number of fused-ring (bicyclic) bond motifs is 1. The van der Waals surface area contributed by atoms with Gasteiger partial charge in [-0.2, -0.15) is 0 Å². The minimum Gasteiger partial charge on any atom is -0.506 e. The first kappa shape index (κ1) is 31.3. The predicted molar refractivity (Wildman–Crippen MR) is 169 cm³/mol. The van der Waals surface area contributed by atoms with Gasteiger partial charge in [-0.15, -0.1) is 0 Å². The predicted octanol–water partition coefficient (Wildman–Crippen LogP) is 4.66. The lowest BCUT2D eigenvalue weighted by atomic mass is 9.59. The number of rotatable bonds is 8. The Hall–Kier alpha value is -1.69. The van der Waals surface area contributed by atoms with E-state index in [2.05, 4.69) is 10.0 Å². The van der Waals surface area contributed by atoms with Crippen molar-refractivity contribution in [3.8, 4) is 5.75 Å². The maximum atomic E-state index is 13.2. The molecule has 1 saturated heterocycles. The summed E-state index contributed by atoms with van der Waals surface area (Å²) in [6.07, 6.45) is 2.76. The zero-order chi connectivity index (χ0) is 31.1. The second kappa shape index (κ2) is 11.0. The molecule has 0 radical (unpaired) electrons. The maximum Gasteiger partial charge on any atom is 0.342 e. The molecular formula is C28H31I2N3O9S. The van der Waals surface area contributed by atoms with Crippen molar-refractivity contribution in [3.63, 3.8) is 0 Å². The van der Waals surface area contributed by atoms with Crippen LogP contribution in [0, 0.1) is 47.6 Å². The van der Waals surface area contributed by atoms with Gasteiger partial charge in [-0.25, -0.2) is 4.79 Å². The minimum absolute atomic E-state index is 0.0207. The molecule has 1 aromatic carbocycles. The van der Waals surface area contributed by atoms with Crippen molar-refractivity contribution >= 4 is 79.6 Å². The standard InChI is InChI=1S/C28H31I2N3O9S/c1-26-17(34)4-5-28(42-25(26)39)16-3-2-12-9-27(16,18(22(26)28)23(36)37)10-13(12)11-43(40)7-6-41-24(38)14-8-15(29)20(32-33-31)19(30)21(14)35/h8,12-13,16-18,22,34-35H,2-7,9-11H2,1H3,(H,36,37)/t12-,13-,16-,17+,18-,22-,26-,27-,28-,43?/m1/s1. The number of aliphatic hydroxyl groups is 1. The second-order valence-corrected chi connectivity index (χ2v) is 16.7. The number of aliphatic hydroxyl groups excluding tert-OH is 1. The van der Waals surface area contributed by atoms with Crippen molar-refractivity contribution in [1.82, 2.24) is 0 Å². The van der Waals surface area contributed by atoms with Crippen LogP contribution in [0.2, 0.25) is 0 Å². The molecule has 3 N–H and O–H groups in total. The number of nitrogens with zero attached hydrogens (tertiary/aromatic N) is 3. The molecule has 4 saturated carbocycles. The van der Waals surface area contributed by atoms with Gasteiger partial charge in [0, 0.05) is 36.9 Å². The van der Waals surface area contributed by atoms with E-state index in [0.29, 0.717) is 35.0 Å². The molecule has 12 nitrogen and oxygen atoms in total. The van der Waals surface area contributed by atoms with E-state index in [1.165, 1.54) is 6.07 Å². The van der Waals surface area contributed by atoms with Crippen LogP contribution in [-0.4, -0.2) is 67.3 Å². The number of phenols is 1. The van der Waals surface area contributed by atoms with Crippen molar-refractivity contribution < 1.29 is 43.4 Å². The molecule has 1 aromatic rings. The highest BCUT2D eigenvalue weighted by Crippen LogP contribution is 2.78. The maximum absolute atomic E-state index is 13.2. The Balaban J connectivity index is 1.14. The number of aromatic hydroxyl groups is 1. The molecule has 0 aromatic heterocycles. The quantitative estimate of drug-likeness (QED) is 0.110. The number of azide groups is 1. The van der Waals surface area contributed by atoms with Crippen LogP contribution in [0.25, 0.3) is 10.4 Å². The van der Waals surface area contributed by atoms with Gasteiger partial charge in [0.05, 0.1) is 32.4 Å². The Morgan fingerprint density at radius 2 is 2.02 bits per heavy atom. The zero-order valence-electron chi connectivity index (χ0n) is 23.2. The van der Waals surface area contributed by atoms with Crippen LogP contribution in [0.4, 0.5) is 5.69 Å². The summed E-state index contributed by atoms with van der Waals surface area (Å²) in [5.41, 5.74) is 6.16. The fourth-order valence-corrected chi connectivity index (χ4v) is 12.8. The van der Waals surface area contributed by atoms with Gasteiger partial charge in [-0.3, -0.25) is 13.8 Å². The normalized spacial score (nSPS) is 39.3. The first-order chi connectivity index (χ1) is 20.3. The Morgan fingerprint density at radius 1 is 1.28 bits per heavy atom. The summed E-state index contributed by atoms with van der Waals surface area (Å²) < 4.78 is 25.4. The summed E-state index contributed by atoms with van der Waals surface area (Å²) >= 11 is 3.68. The van der Waals surface area contributed by atoms with Gasteiger partial charge in [0.15, 0.2) is 0 Å². The lowest BCUT2D eigenvalue weighted by Crippen LogP contribution is -2.53. The monoisotopic (exact) mass is 839 g/mol. The second-order valence-electron chi connectivity index (χ2n) is 12.8. The topological polar surface area (TPSA) is 196 Å². The molecule has 5 fully saturated rings. The number of carboxylic acid groups (broad SMARTS) is 1. The van der Waals surface area contributed by atoms with Gasteiger partial charge >= 0.3 is 17.9 Å². The van der Waals surface area contributed by atoms with Crippen LogP contribution in [0.15, 0.2) is 11.2 Å². The molecule has 0 amide bonds. The number of carboxylic acids is 1. The fourth-order valence-electron chi connectivity index (χ4n) is 9.60. The van der Waals surface area contributed by atoms with Gasteiger partial charge in [-0.1, -0.05) is 5.11 Å². The van der Waals surface area contributed by atoms with E-state index in [0.717, 1.165) is 12.8 Å². The number of hydrogen-bond donors (Lipinski definition) is 3. The fraction of sp³-hybridized carbons (Fsp3) is 0.679. The van der Waals surface area contributed by atoms with E-state index in [4.69, 9.17) is 15.0 Å². The number of carbonyl (C=O) groups excluding carboxylic acids is 2.